The highest BCUT2D eigenvalue weighted by molar-refractivity contribution is 6.35. The largest absolute Gasteiger partial charge is 0.388 e. The quantitative estimate of drug-likeness (QED) is 0.863. The Bertz CT molecular complexity index is 428. The van der Waals surface area contributed by atoms with Crippen LogP contribution in [0.5, 0.6) is 0 Å². The first-order valence-corrected chi connectivity index (χ1v) is 7.18. The van der Waals surface area contributed by atoms with Gasteiger partial charge < -0.3 is 10.4 Å². The van der Waals surface area contributed by atoms with Crippen molar-refractivity contribution in [2.24, 2.45) is 0 Å². The predicted octanol–water partition coefficient (Wildman–Crippen LogP) is 4.41. The number of aryl methyl sites for hydroxylation is 1. The molecule has 0 bridgehead atoms. The van der Waals surface area contributed by atoms with Crippen LogP contribution in [-0.4, -0.2) is 17.3 Å². The highest BCUT2D eigenvalue weighted by Gasteiger charge is 2.28. The molecule has 0 saturated heterocycles. The molecule has 0 spiro atoms. The van der Waals surface area contributed by atoms with E-state index >= 15 is 0 Å². The number of rotatable bonds is 3. The van der Waals surface area contributed by atoms with Crippen molar-refractivity contribution >= 4 is 28.9 Å². The van der Waals surface area contributed by atoms with Crippen LogP contribution >= 0.6 is 23.2 Å². The van der Waals surface area contributed by atoms with Gasteiger partial charge in [-0.2, -0.15) is 0 Å². The Kier molecular flexibility index (Phi) is 4.41. The van der Waals surface area contributed by atoms with Crippen molar-refractivity contribution in [3.8, 4) is 0 Å². The lowest BCUT2D eigenvalue weighted by molar-refractivity contribution is 0.0167. The minimum absolute atomic E-state index is 0.534. The van der Waals surface area contributed by atoms with Crippen LogP contribution in [0.1, 0.15) is 37.7 Å². The fourth-order valence-electron chi connectivity index (χ4n) is 2.43. The van der Waals surface area contributed by atoms with Crippen LogP contribution < -0.4 is 5.32 Å². The summed E-state index contributed by atoms with van der Waals surface area (Å²) in [7, 11) is 0. The molecule has 100 valence electrons. The van der Waals surface area contributed by atoms with E-state index < -0.39 is 5.60 Å². The van der Waals surface area contributed by atoms with Crippen molar-refractivity contribution in [1.29, 1.82) is 0 Å². The van der Waals surface area contributed by atoms with Gasteiger partial charge in [0.15, 0.2) is 0 Å². The molecular formula is C14H19Cl2NO. The van der Waals surface area contributed by atoms with Crippen molar-refractivity contribution < 1.29 is 5.11 Å². The molecule has 18 heavy (non-hydrogen) atoms. The summed E-state index contributed by atoms with van der Waals surface area (Å²) in [5.41, 5.74) is 1.16. The Morgan fingerprint density at radius 2 is 1.83 bits per heavy atom. The van der Waals surface area contributed by atoms with Crippen LogP contribution in [0.15, 0.2) is 12.1 Å². The molecule has 1 fully saturated rings. The molecule has 0 heterocycles. The summed E-state index contributed by atoms with van der Waals surface area (Å²) in [5.74, 6) is 0. The Hall–Kier alpha value is -0.440. The van der Waals surface area contributed by atoms with E-state index in [9.17, 15) is 5.11 Å². The Morgan fingerprint density at radius 1 is 1.17 bits per heavy atom. The average molecular weight is 288 g/mol. The van der Waals surface area contributed by atoms with Gasteiger partial charge in [0.05, 0.1) is 16.3 Å². The first-order chi connectivity index (χ1) is 8.50. The van der Waals surface area contributed by atoms with E-state index in [-0.39, 0.29) is 0 Å². The zero-order valence-electron chi connectivity index (χ0n) is 10.6. The predicted molar refractivity (Wildman–Crippen MR) is 77.7 cm³/mol. The lowest BCUT2D eigenvalue weighted by Crippen LogP contribution is -2.38. The average Bonchev–Trinajstić information content (AvgIpc) is 2.33. The van der Waals surface area contributed by atoms with E-state index in [0.29, 0.717) is 16.6 Å². The van der Waals surface area contributed by atoms with Gasteiger partial charge in [-0.1, -0.05) is 42.5 Å². The SMILES string of the molecule is Cc1cc(Cl)c(NCC2(O)CCCCC2)cc1Cl. The number of aliphatic hydroxyl groups is 1. The van der Waals surface area contributed by atoms with Gasteiger partial charge >= 0.3 is 0 Å². The van der Waals surface area contributed by atoms with Gasteiger partial charge in [-0.25, -0.2) is 0 Å². The number of anilines is 1. The molecule has 1 aliphatic carbocycles. The van der Waals surface area contributed by atoms with Gasteiger partial charge in [-0.15, -0.1) is 0 Å². The smallest absolute Gasteiger partial charge is 0.0819 e. The Labute approximate surface area is 118 Å². The van der Waals surface area contributed by atoms with Crippen molar-refractivity contribution in [2.75, 3.05) is 11.9 Å². The molecular weight excluding hydrogens is 269 g/mol. The van der Waals surface area contributed by atoms with Crippen LogP contribution in [0.4, 0.5) is 5.69 Å². The zero-order chi connectivity index (χ0) is 13.2. The summed E-state index contributed by atoms with van der Waals surface area (Å²) < 4.78 is 0. The minimum Gasteiger partial charge on any atom is -0.388 e. The zero-order valence-corrected chi connectivity index (χ0v) is 12.1. The summed E-state index contributed by atoms with van der Waals surface area (Å²) in [4.78, 5) is 0. The second-order valence-electron chi connectivity index (χ2n) is 5.22. The standard InChI is InChI=1S/C14H19Cl2NO/c1-10-7-12(16)13(8-11(10)15)17-9-14(18)5-3-2-4-6-14/h7-8,17-18H,2-6,9H2,1H3. The molecule has 1 aromatic carbocycles. The third kappa shape index (κ3) is 3.31. The van der Waals surface area contributed by atoms with Gasteiger partial charge in [-0.05, 0) is 37.5 Å². The van der Waals surface area contributed by atoms with E-state index in [4.69, 9.17) is 23.2 Å². The van der Waals surface area contributed by atoms with Crippen molar-refractivity contribution in [1.82, 2.24) is 0 Å². The molecule has 2 N–H and O–H groups in total. The summed E-state index contributed by atoms with van der Waals surface area (Å²) >= 11 is 12.2. The van der Waals surface area contributed by atoms with Gasteiger partial charge in [0, 0.05) is 11.6 Å². The molecule has 1 aliphatic rings. The summed E-state index contributed by atoms with van der Waals surface area (Å²) in [6.07, 6.45) is 5.13. The topological polar surface area (TPSA) is 32.3 Å². The monoisotopic (exact) mass is 287 g/mol. The van der Waals surface area contributed by atoms with Crippen LogP contribution in [0.2, 0.25) is 10.0 Å². The van der Waals surface area contributed by atoms with Crippen molar-refractivity contribution in [3.05, 3.63) is 27.7 Å². The second-order valence-corrected chi connectivity index (χ2v) is 6.03. The van der Waals surface area contributed by atoms with Crippen LogP contribution in [0.25, 0.3) is 0 Å². The first kappa shape index (κ1) is 14.0. The third-order valence-electron chi connectivity index (χ3n) is 3.64. The molecule has 2 rings (SSSR count). The number of halogens is 2. The van der Waals surface area contributed by atoms with Crippen LogP contribution in [0.3, 0.4) is 0 Å². The molecule has 0 unspecified atom stereocenters. The lowest BCUT2D eigenvalue weighted by Gasteiger charge is -2.32. The number of nitrogens with one attached hydrogen (secondary N) is 1. The molecule has 0 aromatic heterocycles. The summed E-state index contributed by atoms with van der Waals surface area (Å²) in [6, 6.07) is 3.67. The maximum Gasteiger partial charge on any atom is 0.0819 e. The molecule has 0 amide bonds. The second kappa shape index (κ2) is 5.68. The fraction of sp³-hybridized carbons (Fsp3) is 0.571. The summed E-state index contributed by atoms with van der Waals surface area (Å²) in [5, 5.41) is 15.0. The number of benzene rings is 1. The molecule has 0 atom stereocenters. The highest BCUT2D eigenvalue weighted by Crippen LogP contribution is 2.32. The molecule has 2 nitrogen and oxygen atoms in total. The van der Waals surface area contributed by atoms with Gasteiger partial charge in [0.25, 0.3) is 0 Å². The Balaban J connectivity index is 2.03. The molecule has 1 saturated carbocycles. The van der Waals surface area contributed by atoms with Gasteiger partial charge in [-0.3, -0.25) is 0 Å². The third-order valence-corrected chi connectivity index (χ3v) is 4.36. The number of hydrogen-bond donors (Lipinski definition) is 2. The highest BCUT2D eigenvalue weighted by atomic mass is 35.5. The minimum atomic E-state index is -0.598. The molecule has 4 heteroatoms. The van der Waals surface area contributed by atoms with Gasteiger partial charge in [0.1, 0.15) is 0 Å². The molecule has 0 radical (unpaired) electrons. The fourth-order valence-corrected chi connectivity index (χ4v) is 2.88. The van der Waals surface area contributed by atoms with Crippen molar-refractivity contribution in [2.45, 2.75) is 44.6 Å². The van der Waals surface area contributed by atoms with Gasteiger partial charge in [0.2, 0.25) is 0 Å². The maximum atomic E-state index is 10.4. The van der Waals surface area contributed by atoms with E-state index in [2.05, 4.69) is 5.32 Å². The maximum absolute atomic E-state index is 10.4. The van der Waals surface area contributed by atoms with Crippen molar-refractivity contribution in [3.63, 3.8) is 0 Å². The first-order valence-electron chi connectivity index (χ1n) is 6.42. The molecule has 1 aromatic rings. The molecule has 0 aliphatic heterocycles. The van der Waals surface area contributed by atoms with Crippen LogP contribution in [0, 0.1) is 6.92 Å². The van der Waals surface area contributed by atoms with Crippen LogP contribution in [-0.2, 0) is 0 Å². The normalized spacial score (nSPS) is 18.7. The summed E-state index contributed by atoms with van der Waals surface area (Å²) in [6.45, 7) is 2.46. The van der Waals surface area contributed by atoms with E-state index in [1.807, 2.05) is 19.1 Å². The van der Waals surface area contributed by atoms with E-state index in [0.717, 1.165) is 36.9 Å². The Morgan fingerprint density at radius 3 is 2.50 bits per heavy atom. The number of hydrogen-bond acceptors (Lipinski definition) is 2. The lowest BCUT2D eigenvalue weighted by atomic mass is 9.85. The van der Waals surface area contributed by atoms with E-state index in [1.54, 1.807) is 0 Å². The van der Waals surface area contributed by atoms with E-state index in [1.165, 1.54) is 6.42 Å².